The lowest BCUT2D eigenvalue weighted by Crippen LogP contribution is -2.13. The first-order valence-electron chi connectivity index (χ1n) is 9.25. The molecule has 0 amide bonds. The van der Waals surface area contributed by atoms with Crippen LogP contribution in [0.3, 0.4) is 0 Å². The minimum absolute atomic E-state index is 0.138. The molecule has 6 heteroatoms. The van der Waals surface area contributed by atoms with Gasteiger partial charge in [-0.05, 0) is 35.1 Å². The predicted octanol–water partition coefficient (Wildman–Crippen LogP) is 6.31. The van der Waals surface area contributed by atoms with Crippen LogP contribution >= 0.6 is 23.2 Å². The average molecular weight is 406 g/mol. The molecule has 4 nitrogen and oxygen atoms in total. The van der Waals surface area contributed by atoms with Crippen LogP contribution in [0.4, 0.5) is 5.69 Å². The molecule has 0 saturated heterocycles. The summed E-state index contributed by atoms with van der Waals surface area (Å²) in [6.45, 7) is 9.26. The molecule has 1 aliphatic carbocycles. The second-order valence-corrected chi connectivity index (χ2v) is 8.34. The zero-order chi connectivity index (χ0) is 19.6. The third-order valence-electron chi connectivity index (χ3n) is 4.70. The first-order chi connectivity index (χ1) is 12.9. The quantitative estimate of drug-likeness (QED) is 0.571. The number of hydrogen-bond acceptors (Lipinski definition) is 4. The van der Waals surface area contributed by atoms with E-state index in [4.69, 9.17) is 27.7 Å². The molecule has 144 valence electrons. The first kappa shape index (κ1) is 20.0. The van der Waals surface area contributed by atoms with Gasteiger partial charge in [0.05, 0.1) is 17.8 Å². The molecule has 27 heavy (non-hydrogen) atoms. The minimum Gasteiger partial charge on any atom is -0.376 e. The fourth-order valence-electron chi connectivity index (χ4n) is 3.24. The second kappa shape index (κ2) is 8.49. The molecule has 0 aliphatic heterocycles. The van der Waals surface area contributed by atoms with E-state index in [2.05, 4.69) is 61.4 Å². The molecule has 0 radical (unpaired) electrons. The number of benzene rings is 1. The van der Waals surface area contributed by atoms with Gasteiger partial charge in [0.2, 0.25) is 5.89 Å². The maximum Gasteiger partial charge on any atom is 0.245 e. The summed E-state index contributed by atoms with van der Waals surface area (Å²) in [6.07, 6.45) is 5.51. The van der Waals surface area contributed by atoms with Crippen molar-refractivity contribution in [2.24, 2.45) is 0 Å². The van der Waals surface area contributed by atoms with E-state index < -0.39 is 0 Å². The summed E-state index contributed by atoms with van der Waals surface area (Å²) >= 11 is 12.3. The zero-order valence-electron chi connectivity index (χ0n) is 16.0. The van der Waals surface area contributed by atoms with E-state index in [0.717, 1.165) is 5.69 Å². The normalized spacial score (nSPS) is 19.6. The van der Waals surface area contributed by atoms with Gasteiger partial charge in [-0.15, -0.1) is 11.6 Å². The molecule has 2 unspecified atom stereocenters. The van der Waals surface area contributed by atoms with E-state index in [1.54, 1.807) is 6.08 Å². The summed E-state index contributed by atoms with van der Waals surface area (Å²) in [5.74, 6) is 1.82. The van der Waals surface area contributed by atoms with Crippen molar-refractivity contribution in [1.82, 2.24) is 10.1 Å². The van der Waals surface area contributed by atoms with Gasteiger partial charge in [-0.2, -0.15) is 4.98 Å². The minimum atomic E-state index is -0.282. The lowest BCUT2D eigenvalue weighted by Gasteiger charge is -2.20. The molecule has 0 spiro atoms. The molecule has 3 rings (SSSR count). The fourth-order valence-corrected chi connectivity index (χ4v) is 3.84. The summed E-state index contributed by atoms with van der Waals surface area (Å²) < 4.78 is 5.45. The third kappa shape index (κ3) is 4.56. The van der Waals surface area contributed by atoms with Gasteiger partial charge in [0.25, 0.3) is 0 Å². The standard InChI is InChI=1S/C21H25Cl2N3O/c1-12(2)15-6-5-7-16(13(3)4)20(15)24-11-19-25-21(26-27-19)17-9-8-14(22)10-18(17)23/h5-10,12-13,17-18,24H,11H2,1-4H3. The molecule has 2 atom stereocenters. The number of nitrogens with one attached hydrogen (secondary N) is 1. The number of anilines is 1. The van der Waals surface area contributed by atoms with Crippen molar-refractivity contribution in [2.75, 3.05) is 5.32 Å². The van der Waals surface area contributed by atoms with Gasteiger partial charge in [-0.3, -0.25) is 0 Å². The SMILES string of the molecule is CC(C)c1cccc(C(C)C)c1NCc1nc(C2C=CC(Cl)=CC2Cl)no1. The smallest absolute Gasteiger partial charge is 0.245 e. The largest absolute Gasteiger partial charge is 0.376 e. The number of rotatable bonds is 6. The van der Waals surface area contributed by atoms with Crippen molar-refractivity contribution < 1.29 is 4.52 Å². The molecule has 1 heterocycles. The van der Waals surface area contributed by atoms with Crippen LogP contribution < -0.4 is 5.32 Å². The molecule has 1 aromatic carbocycles. The Morgan fingerprint density at radius 1 is 1.15 bits per heavy atom. The highest BCUT2D eigenvalue weighted by Crippen LogP contribution is 2.33. The van der Waals surface area contributed by atoms with Gasteiger partial charge in [-0.25, -0.2) is 0 Å². The van der Waals surface area contributed by atoms with Crippen LogP contribution in [0.2, 0.25) is 0 Å². The monoisotopic (exact) mass is 405 g/mol. The first-order valence-corrected chi connectivity index (χ1v) is 10.1. The highest BCUT2D eigenvalue weighted by Gasteiger charge is 2.25. The summed E-state index contributed by atoms with van der Waals surface area (Å²) in [5, 5.41) is 7.97. The Morgan fingerprint density at radius 3 is 2.41 bits per heavy atom. The highest BCUT2D eigenvalue weighted by atomic mass is 35.5. The van der Waals surface area contributed by atoms with Crippen molar-refractivity contribution in [3.05, 3.63) is 64.3 Å². The van der Waals surface area contributed by atoms with Gasteiger partial charge in [-0.1, -0.05) is 68.7 Å². The summed E-state index contributed by atoms with van der Waals surface area (Å²) in [7, 11) is 0. The Hall–Kier alpha value is -1.78. The summed E-state index contributed by atoms with van der Waals surface area (Å²) in [4.78, 5) is 4.53. The molecule has 1 aromatic heterocycles. The van der Waals surface area contributed by atoms with Crippen LogP contribution in [0.1, 0.15) is 68.3 Å². The van der Waals surface area contributed by atoms with E-state index in [9.17, 15) is 0 Å². The second-order valence-electron chi connectivity index (χ2n) is 7.40. The van der Waals surface area contributed by atoms with Crippen LogP contribution in [-0.4, -0.2) is 15.5 Å². The number of halogens is 2. The third-order valence-corrected chi connectivity index (χ3v) is 5.34. The van der Waals surface area contributed by atoms with E-state index >= 15 is 0 Å². The Labute approximate surface area is 170 Å². The summed E-state index contributed by atoms with van der Waals surface area (Å²) in [5.41, 5.74) is 3.73. The molecule has 1 aliphatic rings. The summed E-state index contributed by atoms with van der Waals surface area (Å²) in [6, 6.07) is 6.45. The van der Waals surface area contributed by atoms with Crippen molar-refractivity contribution in [3.8, 4) is 0 Å². The fraction of sp³-hybridized carbons (Fsp3) is 0.429. The number of nitrogens with zero attached hydrogens (tertiary/aromatic N) is 2. The van der Waals surface area contributed by atoms with Crippen LogP contribution in [0.5, 0.6) is 0 Å². The number of para-hydroxylation sites is 1. The number of alkyl halides is 1. The molecule has 0 fully saturated rings. The van der Waals surface area contributed by atoms with Crippen molar-refractivity contribution in [1.29, 1.82) is 0 Å². The Bertz CT molecular complexity index is 829. The number of aromatic nitrogens is 2. The molecular formula is C21H25Cl2N3O. The Kier molecular flexibility index (Phi) is 6.28. The number of hydrogen-bond donors (Lipinski definition) is 1. The van der Waals surface area contributed by atoms with Gasteiger partial charge in [0, 0.05) is 10.7 Å². The lowest BCUT2D eigenvalue weighted by atomic mass is 9.92. The molecular weight excluding hydrogens is 381 g/mol. The van der Waals surface area contributed by atoms with E-state index in [1.165, 1.54) is 11.1 Å². The molecule has 0 bridgehead atoms. The van der Waals surface area contributed by atoms with E-state index in [0.29, 0.717) is 35.1 Å². The molecule has 2 aromatic rings. The Balaban J connectivity index is 1.77. The van der Waals surface area contributed by atoms with Gasteiger partial charge in [0.1, 0.15) is 0 Å². The zero-order valence-corrected chi connectivity index (χ0v) is 17.6. The van der Waals surface area contributed by atoms with Gasteiger partial charge < -0.3 is 9.84 Å². The van der Waals surface area contributed by atoms with Crippen LogP contribution in [0.15, 0.2) is 46.0 Å². The van der Waals surface area contributed by atoms with Crippen molar-refractivity contribution in [2.45, 2.75) is 57.4 Å². The van der Waals surface area contributed by atoms with Crippen LogP contribution in [-0.2, 0) is 6.54 Å². The molecule has 1 N–H and O–H groups in total. The van der Waals surface area contributed by atoms with Crippen LogP contribution in [0.25, 0.3) is 0 Å². The average Bonchev–Trinajstić information content (AvgIpc) is 3.08. The topological polar surface area (TPSA) is 51.0 Å². The maximum absolute atomic E-state index is 6.36. The van der Waals surface area contributed by atoms with Gasteiger partial charge >= 0.3 is 0 Å². The lowest BCUT2D eigenvalue weighted by molar-refractivity contribution is 0.376. The Morgan fingerprint density at radius 2 is 1.81 bits per heavy atom. The van der Waals surface area contributed by atoms with Crippen molar-refractivity contribution in [3.63, 3.8) is 0 Å². The number of allylic oxidation sites excluding steroid dienone is 4. The molecule has 0 saturated carbocycles. The predicted molar refractivity (Wildman–Crippen MR) is 112 cm³/mol. The van der Waals surface area contributed by atoms with Gasteiger partial charge in [0.15, 0.2) is 5.82 Å². The van der Waals surface area contributed by atoms with Crippen molar-refractivity contribution >= 4 is 28.9 Å². The van der Waals surface area contributed by atoms with E-state index in [-0.39, 0.29) is 11.3 Å². The van der Waals surface area contributed by atoms with E-state index in [1.807, 2.05) is 12.2 Å². The maximum atomic E-state index is 6.36. The van der Waals surface area contributed by atoms with Crippen LogP contribution in [0, 0.1) is 0 Å². The highest BCUT2D eigenvalue weighted by molar-refractivity contribution is 6.32.